The van der Waals surface area contributed by atoms with Crippen LogP contribution < -0.4 is 5.32 Å². The summed E-state index contributed by atoms with van der Waals surface area (Å²) in [4.78, 5) is 4.35. The molecule has 0 amide bonds. The lowest BCUT2D eigenvalue weighted by Crippen LogP contribution is -2.30. The molecule has 2 aromatic carbocycles. The zero-order chi connectivity index (χ0) is 17.2. The van der Waals surface area contributed by atoms with Gasteiger partial charge in [0.15, 0.2) is 0 Å². The number of ether oxygens (including phenoxy) is 1. The maximum atomic E-state index is 14.1. The van der Waals surface area contributed by atoms with Gasteiger partial charge < -0.3 is 10.1 Å². The van der Waals surface area contributed by atoms with Gasteiger partial charge in [-0.3, -0.25) is 0 Å². The van der Waals surface area contributed by atoms with E-state index in [9.17, 15) is 4.39 Å². The second-order valence-electron chi connectivity index (χ2n) is 6.58. The number of benzene rings is 2. The molecule has 2 unspecified atom stereocenters. The highest BCUT2D eigenvalue weighted by Crippen LogP contribution is 2.32. The first-order valence-corrected chi connectivity index (χ1v) is 8.69. The predicted octanol–water partition coefficient (Wildman–Crippen LogP) is 5.01. The topological polar surface area (TPSA) is 34.1 Å². The number of nitrogens with one attached hydrogen (secondary N) is 1. The molecule has 128 valence electrons. The number of anilines is 1. The van der Waals surface area contributed by atoms with Gasteiger partial charge in [-0.25, -0.2) is 9.37 Å². The number of rotatable bonds is 3. The molecule has 4 rings (SSSR count). The van der Waals surface area contributed by atoms with Crippen molar-refractivity contribution >= 4 is 16.6 Å². The van der Waals surface area contributed by atoms with Crippen molar-refractivity contribution in [3.63, 3.8) is 0 Å². The zero-order valence-corrected chi connectivity index (χ0v) is 14.2. The first-order valence-electron chi connectivity index (χ1n) is 8.69. The smallest absolute Gasteiger partial charge is 0.149 e. The molecule has 2 atom stereocenters. The summed E-state index contributed by atoms with van der Waals surface area (Å²) in [6.07, 6.45) is 1.92. The molecular formula is C21H21FN2O. The van der Waals surface area contributed by atoms with E-state index in [0.29, 0.717) is 12.1 Å². The lowest BCUT2D eigenvalue weighted by molar-refractivity contribution is 0.00981. The maximum Gasteiger partial charge on any atom is 0.149 e. The molecule has 3 nitrogen and oxygen atoms in total. The normalized spacial score (nSPS) is 20.6. The minimum atomic E-state index is -0.279. The van der Waals surface area contributed by atoms with Crippen LogP contribution >= 0.6 is 0 Å². The molecule has 1 aliphatic heterocycles. The van der Waals surface area contributed by atoms with Crippen LogP contribution in [0.1, 0.15) is 30.2 Å². The molecule has 1 aliphatic rings. The third-order valence-corrected chi connectivity index (χ3v) is 4.73. The van der Waals surface area contributed by atoms with Crippen molar-refractivity contribution in [2.45, 2.75) is 31.9 Å². The Morgan fingerprint density at radius 2 is 1.96 bits per heavy atom. The highest BCUT2D eigenvalue weighted by Gasteiger charge is 2.24. The van der Waals surface area contributed by atoms with E-state index in [0.717, 1.165) is 29.6 Å². The highest BCUT2D eigenvalue weighted by atomic mass is 19.1. The Bertz CT molecular complexity index is 882. The van der Waals surface area contributed by atoms with Gasteiger partial charge in [0, 0.05) is 29.4 Å². The summed E-state index contributed by atoms with van der Waals surface area (Å²) in [7, 11) is 0. The van der Waals surface area contributed by atoms with Gasteiger partial charge in [-0.15, -0.1) is 0 Å². The van der Waals surface area contributed by atoms with Crippen molar-refractivity contribution in [1.82, 2.24) is 4.98 Å². The highest BCUT2D eigenvalue weighted by molar-refractivity contribution is 5.91. The molecule has 0 aliphatic carbocycles. The molecule has 0 saturated carbocycles. The largest absolute Gasteiger partial charge is 0.382 e. The predicted molar refractivity (Wildman–Crippen MR) is 98.2 cm³/mol. The zero-order valence-electron chi connectivity index (χ0n) is 14.2. The average Bonchev–Trinajstić information content (AvgIpc) is 2.64. The fraction of sp³-hybridized carbons (Fsp3) is 0.286. The number of halogens is 1. The van der Waals surface area contributed by atoms with Crippen LogP contribution in [-0.2, 0) is 4.74 Å². The summed E-state index contributed by atoms with van der Waals surface area (Å²) in [5.41, 5.74) is 3.39. The minimum absolute atomic E-state index is 0.0957. The quantitative estimate of drug-likeness (QED) is 0.729. The fourth-order valence-electron chi connectivity index (χ4n) is 3.51. The van der Waals surface area contributed by atoms with Crippen molar-refractivity contribution in [2.24, 2.45) is 0 Å². The van der Waals surface area contributed by atoms with Gasteiger partial charge in [-0.2, -0.15) is 0 Å². The van der Waals surface area contributed by atoms with Crippen LogP contribution in [0.2, 0.25) is 0 Å². The summed E-state index contributed by atoms with van der Waals surface area (Å²) in [5.74, 6) is -0.279. The Morgan fingerprint density at radius 1 is 1.12 bits per heavy atom. The number of aryl methyl sites for hydroxylation is 1. The minimum Gasteiger partial charge on any atom is -0.382 e. The van der Waals surface area contributed by atoms with E-state index in [1.165, 1.54) is 11.6 Å². The summed E-state index contributed by atoms with van der Waals surface area (Å²) in [6, 6.07) is 17.7. The molecule has 0 radical (unpaired) electrons. The summed E-state index contributed by atoms with van der Waals surface area (Å²) < 4.78 is 20.0. The Morgan fingerprint density at radius 3 is 2.80 bits per heavy atom. The first-order chi connectivity index (χ1) is 12.2. The molecular weight excluding hydrogens is 315 g/mol. The standard InChI is InChI=1S/C21H21FN2O/c1-14-12-19(17-8-5-9-18(22)21(17)23-14)24-16-10-11-25-20(13-16)15-6-3-2-4-7-15/h2-9,12,16,20H,10-11,13H2,1H3,(H,23,24). The number of nitrogens with zero attached hydrogens (tertiary/aromatic N) is 1. The fourth-order valence-corrected chi connectivity index (χ4v) is 3.51. The van der Waals surface area contributed by atoms with Crippen molar-refractivity contribution in [3.05, 3.63) is 71.7 Å². The SMILES string of the molecule is Cc1cc(NC2CCOC(c3ccccc3)C2)c2cccc(F)c2n1. The van der Waals surface area contributed by atoms with E-state index in [-0.39, 0.29) is 18.0 Å². The third kappa shape index (κ3) is 3.35. The van der Waals surface area contributed by atoms with Crippen LogP contribution in [0.3, 0.4) is 0 Å². The van der Waals surface area contributed by atoms with Crippen LogP contribution in [0, 0.1) is 12.7 Å². The molecule has 25 heavy (non-hydrogen) atoms. The molecule has 3 aromatic rings. The Kier molecular flexibility index (Phi) is 4.36. The van der Waals surface area contributed by atoms with Gasteiger partial charge in [0.1, 0.15) is 11.3 Å². The average molecular weight is 336 g/mol. The summed E-state index contributed by atoms with van der Waals surface area (Å²) in [5, 5.41) is 4.43. The van der Waals surface area contributed by atoms with E-state index in [2.05, 4.69) is 22.4 Å². The Balaban J connectivity index is 1.60. The first kappa shape index (κ1) is 16.0. The number of hydrogen-bond donors (Lipinski definition) is 1. The van der Waals surface area contributed by atoms with Crippen molar-refractivity contribution in [2.75, 3.05) is 11.9 Å². The van der Waals surface area contributed by atoms with Crippen LogP contribution in [0.5, 0.6) is 0 Å². The van der Waals surface area contributed by atoms with Crippen LogP contribution in [0.4, 0.5) is 10.1 Å². The lowest BCUT2D eigenvalue weighted by atomic mass is 9.97. The van der Waals surface area contributed by atoms with Crippen molar-refractivity contribution in [1.29, 1.82) is 0 Å². The summed E-state index contributed by atoms with van der Waals surface area (Å²) >= 11 is 0. The van der Waals surface area contributed by atoms with E-state index in [1.54, 1.807) is 6.07 Å². The molecule has 1 fully saturated rings. The molecule has 4 heteroatoms. The van der Waals surface area contributed by atoms with Crippen molar-refractivity contribution < 1.29 is 9.13 Å². The number of aromatic nitrogens is 1. The molecule has 1 N–H and O–H groups in total. The third-order valence-electron chi connectivity index (χ3n) is 4.73. The van der Waals surface area contributed by atoms with E-state index in [4.69, 9.17) is 4.74 Å². The number of para-hydroxylation sites is 1. The monoisotopic (exact) mass is 336 g/mol. The molecule has 1 aromatic heterocycles. The molecule has 0 spiro atoms. The van der Waals surface area contributed by atoms with E-state index < -0.39 is 0 Å². The van der Waals surface area contributed by atoms with E-state index >= 15 is 0 Å². The molecule has 1 saturated heterocycles. The van der Waals surface area contributed by atoms with Crippen LogP contribution in [0.15, 0.2) is 54.6 Å². The molecule has 2 heterocycles. The van der Waals surface area contributed by atoms with Gasteiger partial charge in [-0.1, -0.05) is 42.5 Å². The Hall–Kier alpha value is -2.46. The summed E-state index contributed by atoms with van der Waals surface area (Å²) in [6.45, 7) is 2.61. The maximum absolute atomic E-state index is 14.1. The van der Waals surface area contributed by atoms with Crippen LogP contribution in [0.25, 0.3) is 10.9 Å². The number of fused-ring (bicyclic) bond motifs is 1. The number of pyridine rings is 1. The lowest BCUT2D eigenvalue weighted by Gasteiger charge is -2.31. The second kappa shape index (κ2) is 6.81. The van der Waals surface area contributed by atoms with Crippen LogP contribution in [-0.4, -0.2) is 17.6 Å². The van der Waals surface area contributed by atoms with Gasteiger partial charge in [-0.05, 0) is 37.5 Å². The molecule has 0 bridgehead atoms. The Labute approximate surface area is 146 Å². The van der Waals surface area contributed by atoms with Gasteiger partial charge >= 0.3 is 0 Å². The van der Waals surface area contributed by atoms with Gasteiger partial charge in [0.05, 0.1) is 6.10 Å². The van der Waals surface area contributed by atoms with Crippen molar-refractivity contribution in [3.8, 4) is 0 Å². The van der Waals surface area contributed by atoms with Gasteiger partial charge in [0.2, 0.25) is 0 Å². The second-order valence-corrected chi connectivity index (χ2v) is 6.58. The van der Waals surface area contributed by atoms with E-state index in [1.807, 2.05) is 37.3 Å². The van der Waals surface area contributed by atoms with Gasteiger partial charge in [0.25, 0.3) is 0 Å². The number of hydrogen-bond acceptors (Lipinski definition) is 3.